The largest absolute Gasteiger partial charge is 0.387 e. The lowest BCUT2D eigenvalue weighted by Gasteiger charge is -2.26. The highest BCUT2D eigenvalue weighted by atomic mass is 16.6. The van der Waals surface area contributed by atoms with Crippen LogP contribution >= 0.6 is 0 Å². The molecule has 4 atom stereocenters. The van der Waals surface area contributed by atoms with Crippen LogP contribution in [0.3, 0.4) is 0 Å². The summed E-state index contributed by atoms with van der Waals surface area (Å²) >= 11 is 0. The molecular formula is C27H37N11O5. The van der Waals surface area contributed by atoms with Gasteiger partial charge in [-0.15, -0.1) is 10.2 Å². The predicted molar refractivity (Wildman–Crippen MR) is 154 cm³/mol. The number of anilines is 2. The minimum absolute atomic E-state index is 0.175. The van der Waals surface area contributed by atoms with Crippen LogP contribution in [0.25, 0.3) is 11.2 Å². The first-order valence-electron chi connectivity index (χ1n) is 14.5. The van der Waals surface area contributed by atoms with Crippen molar-refractivity contribution < 1.29 is 24.8 Å². The van der Waals surface area contributed by atoms with Crippen molar-refractivity contribution in [3.63, 3.8) is 0 Å². The van der Waals surface area contributed by atoms with Crippen molar-refractivity contribution in [2.45, 2.75) is 44.4 Å². The molecule has 2 aliphatic heterocycles. The van der Waals surface area contributed by atoms with E-state index in [1.165, 1.54) is 11.1 Å². The summed E-state index contributed by atoms with van der Waals surface area (Å²) in [6.07, 6.45) is -2.48. The van der Waals surface area contributed by atoms with Crippen LogP contribution < -0.4 is 10.2 Å². The van der Waals surface area contributed by atoms with Crippen molar-refractivity contribution in [2.75, 3.05) is 62.9 Å². The molecule has 0 aliphatic carbocycles. The Hall–Kier alpha value is -3.80. The van der Waals surface area contributed by atoms with E-state index in [4.69, 9.17) is 19.4 Å². The van der Waals surface area contributed by atoms with Crippen LogP contribution in [0.5, 0.6) is 0 Å². The summed E-state index contributed by atoms with van der Waals surface area (Å²) in [7, 11) is 0. The molecule has 16 heteroatoms. The van der Waals surface area contributed by atoms with E-state index < -0.39 is 24.5 Å². The maximum atomic E-state index is 11.0. The van der Waals surface area contributed by atoms with Gasteiger partial charge in [0.15, 0.2) is 29.3 Å². The van der Waals surface area contributed by atoms with Crippen molar-refractivity contribution in [3.8, 4) is 0 Å². The van der Waals surface area contributed by atoms with Gasteiger partial charge in [-0.2, -0.15) is 14.8 Å². The molecule has 1 aromatic carbocycles. The lowest BCUT2D eigenvalue weighted by Crippen LogP contribution is -2.39. The Kier molecular flexibility index (Phi) is 9.01. The number of aliphatic hydroxyl groups is 3. The van der Waals surface area contributed by atoms with Crippen LogP contribution in [0.1, 0.15) is 30.6 Å². The molecule has 2 fully saturated rings. The fraction of sp³-hybridized carbons (Fsp3) is 0.556. The number of morpholine rings is 1. The predicted octanol–water partition coefficient (Wildman–Crippen LogP) is -0.432. The molecule has 5 heterocycles. The van der Waals surface area contributed by atoms with E-state index in [-0.39, 0.29) is 12.6 Å². The van der Waals surface area contributed by atoms with Gasteiger partial charge in [0, 0.05) is 32.7 Å². The normalized spacial score (nSPS) is 22.8. The van der Waals surface area contributed by atoms with Gasteiger partial charge < -0.3 is 35.0 Å². The van der Waals surface area contributed by atoms with Gasteiger partial charge in [-0.3, -0.25) is 9.47 Å². The fourth-order valence-electron chi connectivity index (χ4n) is 5.26. The fourth-order valence-corrected chi connectivity index (χ4v) is 5.26. The summed E-state index contributed by atoms with van der Waals surface area (Å²) in [5.41, 5.74) is 1.96. The van der Waals surface area contributed by atoms with Crippen LogP contribution in [0, 0.1) is 0 Å². The number of benzene rings is 1. The first-order valence-corrected chi connectivity index (χ1v) is 14.5. The second kappa shape index (κ2) is 13.2. The van der Waals surface area contributed by atoms with E-state index in [0.717, 1.165) is 25.2 Å². The van der Waals surface area contributed by atoms with Crippen molar-refractivity contribution >= 4 is 22.9 Å². The number of fused-ring (bicyclic) bond motifs is 1. The first kappa shape index (κ1) is 29.3. The summed E-state index contributed by atoms with van der Waals surface area (Å²) in [4.78, 5) is 19.4. The molecule has 3 aromatic heterocycles. The Morgan fingerprint density at radius 3 is 2.65 bits per heavy atom. The van der Waals surface area contributed by atoms with E-state index in [2.05, 4.69) is 30.6 Å². The maximum Gasteiger partial charge on any atom is 0.231 e. The molecule has 230 valence electrons. The molecule has 43 heavy (non-hydrogen) atoms. The quantitative estimate of drug-likeness (QED) is 0.155. The molecular weight excluding hydrogens is 558 g/mol. The average Bonchev–Trinajstić information content (AvgIpc) is 3.76. The summed E-state index contributed by atoms with van der Waals surface area (Å²) in [6, 6.07) is 9.97. The highest BCUT2D eigenvalue weighted by Crippen LogP contribution is 2.39. The van der Waals surface area contributed by atoms with E-state index >= 15 is 0 Å². The SMILES string of the molecule is CCn1nnc([C@H]2O[C@@H](n3cnc4c(NCCN5CCOCC5)nc(N(CO)CCc5ccccc5)nc43)[C@H](O)[C@@H]2O)n1. The standard InChI is InChI=1S/C27H37N11O5/c1-2-38-33-24(32-34-38)22-20(40)21(41)26(43-22)37-16-29-19-23(28-9-11-35-12-14-42-15-13-35)30-27(31-25(19)37)36(17-39)10-8-18-6-4-3-5-7-18/h3-7,16,20-22,26,39-41H,2,8-15,17H2,1H3,(H,28,30,31)/t20-,21+,22-,26+/m0/s1. The Balaban J connectivity index is 1.30. The third-order valence-electron chi connectivity index (χ3n) is 7.72. The lowest BCUT2D eigenvalue weighted by atomic mass is 10.1. The van der Waals surface area contributed by atoms with Crippen LogP contribution in [0.15, 0.2) is 36.7 Å². The van der Waals surface area contributed by atoms with Crippen molar-refractivity contribution in [1.29, 1.82) is 0 Å². The summed E-state index contributed by atoms with van der Waals surface area (Å²) in [6.45, 7) is 7.06. The number of hydrogen-bond donors (Lipinski definition) is 4. The smallest absolute Gasteiger partial charge is 0.231 e. The monoisotopic (exact) mass is 595 g/mol. The summed E-state index contributed by atoms with van der Waals surface area (Å²) in [5, 5.41) is 47.8. The third kappa shape index (κ3) is 6.29. The molecule has 2 saturated heterocycles. The zero-order chi connectivity index (χ0) is 29.8. The Morgan fingerprint density at radius 2 is 1.91 bits per heavy atom. The number of tetrazole rings is 1. The van der Waals surface area contributed by atoms with Crippen LogP contribution in [0.4, 0.5) is 11.8 Å². The number of ether oxygens (including phenoxy) is 2. The maximum absolute atomic E-state index is 11.0. The number of aromatic nitrogens is 8. The molecule has 16 nitrogen and oxygen atoms in total. The average molecular weight is 596 g/mol. The zero-order valence-electron chi connectivity index (χ0n) is 24.0. The minimum atomic E-state index is -1.32. The topological polar surface area (TPSA) is 185 Å². The second-order valence-corrected chi connectivity index (χ2v) is 10.5. The van der Waals surface area contributed by atoms with Gasteiger partial charge in [0.25, 0.3) is 0 Å². The van der Waals surface area contributed by atoms with Gasteiger partial charge in [0.1, 0.15) is 18.9 Å². The number of hydrogen-bond acceptors (Lipinski definition) is 14. The molecule has 0 saturated carbocycles. The van der Waals surface area contributed by atoms with E-state index in [1.807, 2.05) is 37.3 Å². The first-order chi connectivity index (χ1) is 21.1. The molecule has 6 rings (SSSR count). The van der Waals surface area contributed by atoms with Crippen molar-refractivity contribution in [1.82, 2.24) is 44.6 Å². The number of aliphatic hydroxyl groups excluding tert-OH is 3. The zero-order valence-corrected chi connectivity index (χ0v) is 24.0. The van der Waals surface area contributed by atoms with Crippen LogP contribution in [-0.4, -0.2) is 125 Å². The van der Waals surface area contributed by atoms with Gasteiger partial charge in [0.2, 0.25) is 11.8 Å². The number of aryl methyl sites for hydroxylation is 1. The number of nitrogens with one attached hydrogen (secondary N) is 1. The molecule has 0 bridgehead atoms. The number of imidazole rings is 1. The Bertz CT molecular complexity index is 1480. The number of rotatable bonds is 12. The molecule has 0 unspecified atom stereocenters. The van der Waals surface area contributed by atoms with Crippen LogP contribution in [0.2, 0.25) is 0 Å². The molecule has 2 aliphatic rings. The highest BCUT2D eigenvalue weighted by molar-refractivity contribution is 5.84. The molecule has 0 spiro atoms. The van der Waals surface area contributed by atoms with Gasteiger partial charge in [-0.1, -0.05) is 30.3 Å². The molecule has 0 radical (unpaired) electrons. The van der Waals surface area contributed by atoms with E-state index in [9.17, 15) is 15.3 Å². The Labute approximate surface area is 247 Å². The van der Waals surface area contributed by atoms with Gasteiger partial charge in [-0.25, -0.2) is 4.98 Å². The van der Waals surface area contributed by atoms with E-state index in [0.29, 0.717) is 62.2 Å². The second-order valence-electron chi connectivity index (χ2n) is 10.5. The number of nitrogens with zero attached hydrogens (tertiary/aromatic N) is 10. The summed E-state index contributed by atoms with van der Waals surface area (Å²) < 4.78 is 13.1. The molecule has 4 N–H and O–H groups in total. The van der Waals surface area contributed by atoms with Gasteiger partial charge in [0.05, 0.1) is 26.1 Å². The Morgan fingerprint density at radius 1 is 1.09 bits per heavy atom. The van der Waals surface area contributed by atoms with Crippen molar-refractivity contribution in [3.05, 3.63) is 48.0 Å². The molecule has 0 amide bonds. The molecule has 4 aromatic rings. The highest BCUT2D eigenvalue weighted by Gasteiger charge is 2.47. The van der Waals surface area contributed by atoms with Gasteiger partial charge >= 0.3 is 0 Å². The van der Waals surface area contributed by atoms with Gasteiger partial charge in [-0.05, 0) is 24.1 Å². The summed E-state index contributed by atoms with van der Waals surface area (Å²) in [5.74, 6) is 0.953. The third-order valence-corrected chi connectivity index (χ3v) is 7.72. The van der Waals surface area contributed by atoms with Crippen molar-refractivity contribution in [2.24, 2.45) is 0 Å². The van der Waals surface area contributed by atoms with Crippen LogP contribution in [-0.2, 0) is 22.4 Å². The van der Waals surface area contributed by atoms with E-state index in [1.54, 1.807) is 9.47 Å². The lowest BCUT2D eigenvalue weighted by molar-refractivity contribution is -0.0384. The minimum Gasteiger partial charge on any atom is -0.387 e.